The lowest BCUT2D eigenvalue weighted by atomic mass is 10.2. The highest BCUT2D eigenvalue weighted by molar-refractivity contribution is 6.31. The summed E-state index contributed by atoms with van der Waals surface area (Å²) in [5.41, 5.74) is 0.471. The first kappa shape index (κ1) is 18.7. The zero-order valence-corrected chi connectivity index (χ0v) is 15.2. The van der Waals surface area contributed by atoms with Crippen LogP contribution in [0.25, 0.3) is 0 Å². The van der Waals surface area contributed by atoms with Gasteiger partial charge in [-0.1, -0.05) is 11.6 Å². The molecule has 0 aromatic heterocycles. The summed E-state index contributed by atoms with van der Waals surface area (Å²) < 4.78 is 21.3. The predicted molar refractivity (Wildman–Crippen MR) is 96.3 cm³/mol. The van der Waals surface area contributed by atoms with Gasteiger partial charge < -0.3 is 24.3 Å². The van der Waals surface area contributed by atoms with E-state index in [2.05, 4.69) is 5.32 Å². The molecule has 0 saturated heterocycles. The van der Waals surface area contributed by atoms with Gasteiger partial charge in [0, 0.05) is 23.2 Å². The van der Waals surface area contributed by atoms with Crippen molar-refractivity contribution in [3.05, 3.63) is 41.4 Å². The van der Waals surface area contributed by atoms with Crippen LogP contribution in [0.3, 0.4) is 0 Å². The molecule has 0 aliphatic carbocycles. The van der Waals surface area contributed by atoms with E-state index in [1.807, 2.05) is 0 Å². The lowest BCUT2D eigenvalue weighted by Gasteiger charge is -2.17. The number of hydrogen-bond donors (Lipinski definition) is 1. The Morgan fingerprint density at radius 1 is 0.960 bits per heavy atom. The molecule has 0 bridgehead atoms. The molecule has 0 heterocycles. The van der Waals surface area contributed by atoms with Crippen LogP contribution < -0.4 is 24.3 Å². The Morgan fingerprint density at radius 2 is 1.56 bits per heavy atom. The third-order valence-corrected chi connectivity index (χ3v) is 3.66. The molecule has 0 aliphatic rings. The zero-order chi connectivity index (χ0) is 18.4. The maximum Gasteiger partial charge on any atom is 0.265 e. The molecule has 0 radical (unpaired) electrons. The van der Waals surface area contributed by atoms with Crippen LogP contribution >= 0.6 is 11.6 Å². The highest BCUT2D eigenvalue weighted by Gasteiger charge is 2.18. The topological polar surface area (TPSA) is 66.0 Å². The van der Waals surface area contributed by atoms with Crippen LogP contribution in [0.5, 0.6) is 23.0 Å². The minimum Gasteiger partial charge on any atom is -0.496 e. The van der Waals surface area contributed by atoms with Gasteiger partial charge in [-0.15, -0.1) is 0 Å². The quantitative estimate of drug-likeness (QED) is 0.809. The van der Waals surface area contributed by atoms with Crippen molar-refractivity contribution < 1.29 is 23.7 Å². The van der Waals surface area contributed by atoms with Crippen molar-refractivity contribution in [2.24, 2.45) is 0 Å². The van der Waals surface area contributed by atoms with Crippen LogP contribution in [-0.4, -0.2) is 33.3 Å². The molecule has 2 aromatic carbocycles. The maximum absolute atomic E-state index is 12.4. The summed E-state index contributed by atoms with van der Waals surface area (Å²) in [6.07, 6.45) is -0.763. The molecule has 0 fully saturated rings. The van der Waals surface area contributed by atoms with E-state index in [9.17, 15) is 4.79 Å². The number of hydrogen-bond acceptors (Lipinski definition) is 5. The summed E-state index contributed by atoms with van der Waals surface area (Å²) >= 11 is 5.97. The number of anilines is 1. The first-order chi connectivity index (χ1) is 12.0. The molecule has 1 amide bonds. The Morgan fingerprint density at radius 3 is 2.12 bits per heavy atom. The largest absolute Gasteiger partial charge is 0.496 e. The molecule has 134 valence electrons. The van der Waals surface area contributed by atoms with Gasteiger partial charge >= 0.3 is 0 Å². The number of rotatable bonds is 7. The summed E-state index contributed by atoms with van der Waals surface area (Å²) in [6, 6.07) is 10.0. The summed E-state index contributed by atoms with van der Waals surface area (Å²) in [5.74, 6) is 1.75. The second-order valence-electron chi connectivity index (χ2n) is 5.14. The van der Waals surface area contributed by atoms with E-state index in [1.54, 1.807) is 57.5 Å². The smallest absolute Gasteiger partial charge is 0.265 e. The van der Waals surface area contributed by atoms with Gasteiger partial charge in [-0.05, 0) is 25.1 Å². The minimum absolute atomic E-state index is 0.345. The number of benzene rings is 2. The number of amides is 1. The van der Waals surface area contributed by atoms with Crippen molar-refractivity contribution in [1.82, 2.24) is 0 Å². The maximum atomic E-state index is 12.4. The SMILES string of the molecule is COc1cc(OC)cc(OC(C)C(=O)Nc2cc(Cl)ccc2OC)c1. The van der Waals surface area contributed by atoms with Crippen molar-refractivity contribution >= 4 is 23.2 Å². The Labute approximate surface area is 151 Å². The monoisotopic (exact) mass is 365 g/mol. The average molecular weight is 366 g/mol. The summed E-state index contributed by atoms with van der Waals surface area (Å²) in [6.45, 7) is 1.64. The molecule has 6 nitrogen and oxygen atoms in total. The zero-order valence-electron chi connectivity index (χ0n) is 14.5. The summed E-state index contributed by atoms with van der Waals surface area (Å²) in [5, 5.41) is 3.23. The number of ether oxygens (including phenoxy) is 4. The first-order valence-corrected chi connectivity index (χ1v) is 7.88. The number of carbonyl (C=O) groups excluding carboxylic acids is 1. The Hall–Kier alpha value is -2.60. The third kappa shape index (κ3) is 4.93. The second kappa shape index (κ2) is 8.48. The van der Waals surface area contributed by atoms with Gasteiger partial charge in [0.25, 0.3) is 5.91 Å². The molecule has 0 saturated carbocycles. The van der Waals surface area contributed by atoms with Crippen LogP contribution in [0.4, 0.5) is 5.69 Å². The lowest BCUT2D eigenvalue weighted by Crippen LogP contribution is -2.30. The second-order valence-corrected chi connectivity index (χ2v) is 5.58. The minimum atomic E-state index is -0.763. The fraction of sp³-hybridized carbons (Fsp3) is 0.278. The molecule has 1 N–H and O–H groups in total. The third-order valence-electron chi connectivity index (χ3n) is 3.43. The molecule has 2 rings (SSSR count). The molecule has 1 unspecified atom stereocenters. The van der Waals surface area contributed by atoms with E-state index in [1.165, 1.54) is 7.11 Å². The molecule has 25 heavy (non-hydrogen) atoms. The van der Waals surface area contributed by atoms with Crippen LogP contribution in [0.1, 0.15) is 6.92 Å². The normalized spacial score (nSPS) is 11.4. The number of nitrogens with one attached hydrogen (secondary N) is 1. The van der Waals surface area contributed by atoms with Crippen LogP contribution in [-0.2, 0) is 4.79 Å². The predicted octanol–water partition coefficient (Wildman–Crippen LogP) is 3.77. The number of methoxy groups -OCH3 is 3. The molecular formula is C18H20ClNO5. The lowest BCUT2D eigenvalue weighted by molar-refractivity contribution is -0.122. The Balaban J connectivity index is 2.12. The summed E-state index contributed by atoms with van der Waals surface area (Å²) in [7, 11) is 4.60. The van der Waals surface area contributed by atoms with Gasteiger partial charge in [-0.3, -0.25) is 4.79 Å². The van der Waals surface area contributed by atoms with E-state index in [-0.39, 0.29) is 5.91 Å². The van der Waals surface area contributed by atoms with Crippen molar-refractivity contribution in [2.75, 3.05) is 26.6 Å². The van der Waals surface area contributed by atoms with E-state index in [0.29, 0.717) is 33.7 Å². The molecule has 2 aromatic rings. The van der Waals surface area contributed by atoms with Crippen molar-refractivity contribution in [2.45, 2.75) is 13.0 Å². The molecule has 7 heteroatoms. The van der Waals surface area contributed by atoms with Gasteiger partial charge in [0.1, 0.15) is 23.0 Å². The first-order valence-electron chi connectivity index (χ1n) is 7.51. The highest BCUT2D eigenvalue weighted by atomic mass is 35.5. The molecule has 1 atom stereocenters. The van der Waals surface area contributed by atoms with Gasteiger partial charge in [0.05, 0.1) is 27.0 Å². The highest BCUT2D eigenvalue weighted by Crippen LogP contribution is 2.30. The molecule has 0 aliphatic heterocycles. The van der Waals surface area contributed by atoms with E-state index < -0.39 is 6.10 Å². The van der Waals surface area contributed by atoms with Crippen LogP contribution in [0, 0.1) is 0 Å². The van der Waals surface area contributed by atoms with Crippen LogP contribution in [0.2, 0.25) is 5.02 Å². The van der Waals surface area contributed by atoms with Crippen molar-refractivity contribution in [1.29, 1.82) is 0 Å². The Bertz CT molecular complexity index is 728. The van der Waals surface area contributed by atoms with Gasteiger partial charge in [0.2, 0.25) is 0 Å². The van der Waals surface area contributed by atoms with Crippen molar-refractivity contribution in [3.8, 4) is 23.0 Å². The number of halogens is 1. The van der Waals surface area contributed by atoms with Crippen LogP contribution in [0.15, 0.2) is 36.4 Å². The molecular weight excluding hydrogens is 346 g/mol. The van der Waals surface area contributed by atoms with E-state index in [0.717, 1.165) is 0 Å². The summed E-state index contributed by atoms with van der Waals surface area (Å²) in [4.78, 5) is 12.4. The molecule has 0 spiro atoms. The average Bonchev–Trinajstić information content (AvgIpc) is 2.61. The standard InChI is InChI=1S/C18H20ClNO5/c1-11(25-15-9-13(22-2)8-14(10-15)23-3)18(21)20-16-7-12(19)5-6-17(16)24-4/h5-11H,1-4H3,(H,20,21). The van der Waals surface area contributed by atoms with Gasteiger partial charge in [-0.25, -0.2) is 0 Å². The Kier molecular flexibility index (Phi) is 6.36. The van der Waals surface area contributed by atoms with E-state index >= 15 is 0 Å². The van der Waals surface area contributed by atoms with Gasteiger partial charge in [0.15, 0.2) is 6.10 Å². The van der Waals surface area contributed by atoms with Gasteiger partial charge in [-0.2, -0.15) is 0 Å². The number of carbonyl (C=O) groups is 1. The fourth-order valence-corrected chi connectivity index (χ4v) is 2.29. The fourth-order valence-electron chi connectivity index (χ4n) is 2.12. The van der Waals surface area contributed by atoms with Crippen molar-refractivity contribution in [3.63, 3.8) is 0 Å². The van der Waals surface area contributed by atoms with E-state index in [4.69, 9.17) is 30.5 Å².